The van der Waals surface area contributed by atoms with Crippen molar-refractivity contribution in [1.29, 1.82) is 0 Å². The zero-order valence-electron chi connectivity index (χ0n) is 46.8. The van der Waals surface area contributed by atoms with Crippen LogP contribution >= 0.6 is 0 Å². The number of aromatic nitrogens is 1. The number of para-hydroxylation sites is 1. The number of primary amides is 1. The molecule has 2 rings (SSSR count). The molecule has 1 aromatic carbocycles. The Morgan fingerprint density at radius 2 is 0.860 bits per heavy atom. The highest BCUT2D eigenvalue weighted by atomic mass is 16.4. The van der Waals surface area contributed by atoms with E-state index in [1.165, 1.54) is 6.92 Å². The van der Waals surface area contributed by atoms with Crippen molar-refractivity contribution in [2.24, 2.45) is 33.8 Å². The molecular weight excluding hydrogens is 1140 g/mol. The van der Waals surface area contributed by atoms with E-state index in [4.69, 9.17) is 22.9 Å². The number of carbonyl (C=O) groups excluding carboxylic acids is 9. The molecule has 0 aliphatic rings. The van der Waals surface area contributed by atoms with Gasteiger partial charge < -0.3 is 101 Å². The van der Waals surface area contributed by atoms with Crippen molar-refractivity contribution in [1.82, 2.24) is 47.5 Å². The second-order valence-corrected chi connectivity index (χ2v) is 19.7. The summed E-state index contributed by atoms with van der Waals surface area (Å²) >= 11 is 0. The van der Waals surface area contributed by atoms with Crippen LogP contribution in [0.15, 0.2) is 35.5 Å². The second-order valence-electron chi connectivity index (χ2n) is 19.7. The number of carbonyl (C=O) groups is 15. The number of carboxylic acid groups (broad SMARTS) is 6. The normalized spacial score (nSPS) is 14.4. The summed E-state index contributed by atoms with van der Waals surface area (Å²) in [5.41, 5.74) is 23.4. The smallest absolute Gasteiger partial charge is 0.305 e. The van der Waals surface area contributed by atoms with Gasteiger partial charge in [0, 0.05) is 55.7 Å². The van der Waals surface area contributed by atoms with Crippen molar-refractivity contribution in [2.45, 2.75) is 158 Å². The van der Waals surface area contributed by atoms with E-state index in [0.29, 0.717) is 16.5 Å². The fraction of sp³-hybridized carbons (Fsp3) is 0.529. The number of hydrogen-bond acceptors (Lipinski definition) is 17. The van der Waals surface area contributed by atoms with Gasteiger partial charge in [0.25, 0.3) is 0 Å². The molecule has 2 aromatic rings. The molecule has 9 amide bonds. The molecule has 35 nitrogen and oxygen atoms in total. The van der Waals surface area contributed by atoms with E-state index in [9.17, 15) is 103 Å². The van der Waals surface area contributed by atoms with Crippen molar-refractivity contribution < 1.29 is 103 Å². The molecule has 86 heavy (non-hydrogen) atoms. The van der Waals surface area contributed by atoms with Gasteiger partial charge in [-0.3, -0.25) is 76.9 Å². The molecule has 0 spiro atoms. The minimum absolute atomic E-state index is 0.0446. The number of hydrogen-bond donors (Lipinski definition) is 19. The molecule has 1 aromatic heterocycles. The molecule has 23 N–H and O–H groups in total. The van der Waals surface area contributed by atoms with Gasteiger partial charge in [0.05, 0.1) is 18.9 Å². The lowest BCUT2D eigenvalue weighted by molar-refractivity contribution is -0.142. The van der Waals surface area contributed by atoms with Crippen molar-refractivity contribution >= 4 is 106 Å². The first-order chi connectivity index (χ1) is 40.3. The maximum atomic E-state index is 14.1. The van der Waals surface area contributed by atoms with Gasteiger partial charge in [0.15, 0.2) is 5.96 Å². The van der Waals surface area contributed by atoms with Gasteiger partial charge in [0.1, 0.15) is 48.3 Å². The van der Waals surface area contributed by atoms with Crippen LogP contribution in [0.5, 0.6) is 0 Å². The summed E-state index contributed by atoms with van der Waals surface area (Å²) in [6, 6.07) is -9.32. The van der Waals surface area contributed by atoms with Gasteiger partial charge in [-0.1, -0.05) is 38.5 Å². The van der Waals surface area contributed by atoms with Crippen LogP contribution in [0.2, 0.25) is 0 Å². The second kappa shape index (κ2) is 35.9. The zero-order valence-corrected chi connectivity index (χ0v) is 46.8. The number of aliphatic imine (C=N–C) groups is 1. The standard InChI is InChI=1S/C51H74N14O21/c1-3-23(2)41(50(86)61-30(12-16-37(70)71)44(80)62-32(42(53)78)19-24-22-57-27-9-5-4-7-25(24)27)65-47(83)31(13-17-38(72)73)60-49(85)34(21-40(76)77)64-46(82)29(11-15-36(68)69)59-48(84)33(20-39(74)75)63-45(81)28(10-14-35(66)67)58-43(79)26(52)8-6-18-56-51(54)55/h4-5,7,9,22-23,26,28-34,41,57H,3,6,8,10-21,52H2,1-2H3,(H2,53,78)(H,58,79)(H,59,84)(H,60,85)(H,61,86)(H,62,80)(H,63,81)(H,64,82)(H,65,83)(H,66,67)(H,68,69)(H,70,71)(H,72,73)(H,74,75)(H,76,77)(H4,54,55,56)/t23-,26-,28-,29-,30-,31-,32-,33-,34-,41-/m0/s1. The van der Waals surface area contributed by atoms with E-state index < -0.39 is 213 Å². The number of aromatic amines is 1. The van der Waals surface area contributed by atoms with Crippen molar-refractivity contribution in [2.75, 3.05) is 6.54 Å². The molecule has 0 unspecified atom stereocenters. The lowest BCUT2D eigenvalue weighted by Crippen LogP contribution is -2.61. The number of rotatable bonds is 41. The number of amides is 9. The Kier molecular flexibility index (Phi) is 30.1. The molecule has 0 bridgehead atoms. The molecule has 0 saturated heterocycles. The lowest BCUT2D eigenvalue weighted by Gasteiger charge is -2.29. The Morgan fingerprint density at radius 3 is 1.26 bits per heavy atom. The SMILES string of the molecule is CC[C@H](C)[C@H](NC(=O)[C@H](CCC(=O)O)NC(=O)[C@H](CC(=O)O)NC(=O)[C@H](CCC(=O)O)NC(=O)[C@H](CC(=O)O)NC(=O)[C@H](CCC(=O)O)NC(=O)[C@@H](N)CCCN=C(N)N)C(=O)N[C@@H](CCC(=O)O)C(=O)N[C@@H](Cc1c[nH]c2ccccc12)C(N)=O. The molecule has 35 heteroatoms. The average Bonchev–Trinajstić information content (AvgIpc) is 3.65. The highest BCUT2D eigenvalue weighted by Gasteiger charge is 2.37. The van der Waals surface area contributed by atoms with Crippen LogP contribution in [0, 0.1) is 5.92 Å². The van der Waals surface area contributed by atoms with Crippen LogP contribution < -0.4 is 65.5 Å². The van der Waals surface area contributed by atoms with Crippen molar-refractivity contribution in [3.05, 3.63) is 36.0 Å². The van der Waals surface area contributed by atoms with Gasteiger partial charge in [-0.15, -0.1) is 0 Å². The van der Waals surface area contributed by atoms with Crippen molar-refractivity contribution in [3.8, 4) is 0 Å². The van der Waals surface area contributed by atoms with Gasteiger partial charge in [-0.25, -0.2) is 0 Å². The lowest BCUT2D eigenvalue weighted by atomic mass is 9.96. The summed E-state index contributed by atoms with van der Waals surface area (Å²) in [7, 11) is 0. The largest absolute Gasteiger partial charge is 0.481 e. The number of guanidine groups is 1. The highest BCUT2D eigenvalue weighted by Crippen LogP contribution is 2.20. The third-order valence-electron chi connectivity index (χ3n) is 13.0. The number of carboxylic acids is 6. The van der Waals surface area contributed by atoms with E-state index in [1.807, 2.05) is 16.0 Å². The first kappa shape index (κ1) is 72.1. The molecule has 474 valence electrons. The van der Waals surface area contributed by atoms with Gasteiger partial charge in [-0.05, 0) is 56.1 Å². The van der Waals surface area contributed by atoms with Crippen LogP contribution in [-0.2, 0) is 78.3 Å². The van der Waals surface area contributed by atoms with Crippen LogP contribution in [0.1, 0.15) is 103 Å². The topological polar surface area (TPSA) is 606 Å². The number of fused-ring (bicyclic) bond motifs is 1. The van der Waals surface area contributed by atoms with E-state index in [1.54, 1.807) is 37.4 Å². The molecule has 0 fully saturated rings. The van der Waals surface area contributed by atoms with Gasteiger partial charge >= 0.3 is 35.8 Å². The van der Waals surface area contributed by atoms with E-state index in [2.05, 4.69) is 36.6 Å². The Balaban J connectivity index is 2.45. The zero-order chi connectivity index (χ0) is 65.0. The van der Waals surface area contributed by atoms with Crippen LogP contribution in [-0.4, -0.2) is 191 Å². The number of H-pyrrole nitrogens is 1. The highest BCUT2D eigenvalue weighted by molar-refractivity contribution is 6.00. The van der Waals surface area contributed by atoms with Crippen LogP contribution in [0.4, 0.5) is 0 Å². The van der Waals surface area contributed by atoms with Gasteiger partial charge in [0.2, 0.25) is 53.2 Å². The summed E-state index contributed by atoms with van der Waals surface area (Å²) in [5, 5.41) is 75.6. The first-order valence-corrected chi connectivity index (χ1v) is 26.7. The number of benzene rings is 1. The first-order valence-electron chi connectivity index (χ1n) is 26.7. The monoisotopic (exact) mass is 1220 g/mol. The predicted molar refractivity (Wildman–Crippen MR) is 296 cm³/mol. The van der Waals surface area contributed by atoms with E-state index in [-0.39, 0.29) is 38.2 Å². The maximum Gasteiger partial charge on any atom is 0.305 e. The third kappa shape index (κ3) is 26.1. The quantitative estimate of drug-likeness (QED) is 0.0168. The summed E-state index contributed by atoms with van der Waals surface area (Å²) < 4.78 is 0. The molecular formula is C51H74N14O21. The Bertz CT molecular complexity index is 2840. The number of aliphatic carboxylic acids is 6. The fourth-order valence-electron chi connectivity index (χ4n) is 8.17. The maximum absolute atomic E-state index is 14.1. The third-order valence-corrected chi connectivity index (χ3v) is 13.0. The molecule has 1 heterocycles. The summed E-state index contributed by atoms with van der Waals surface area (Å²) in [6.07, 6.45) is -6.97. The Labute approximate surface area is 489 Å². The molecule has 0 saturated carbocycles. The predicted octanol–water partition coefficient (Wildman–Crippen LogP) is -5.09. The van der Waals surface area contributed by atoms with Crippen molar-refractivity contribution in [3.63, 3.8) is 0 Å². The summed E-state index contributed by atoms with van der Waals surface area (Å²) in [5.74, 6) is -21.9. The van der Waals surface area contributed by atoms with E-state index >= 15 is 0 Å². The van der Waals surface area contributed by atoms with Crippen LogP contribution in [0.3, 0.4) is 0 Å². The molecule has 0 aliphatic heterocycles. The minimum atomic E-state index is -2.25. The van der Waals surface area contributed by atoms with E-state index in [0.717, 1.165) is 0 Å². The molecule has 10 atom stereocenters. The summed E-state index contributed by atoms with van der Waals surface area (Å²) in [6.45, 7) is 3.09. The van der Waals surface area contributed by atoms with Gasteiger partial charge in [-0.2, -0.15) is 0 Å². The molecule has 0 aliphatic carbocycles. The number of nitrogens with two attached hydrogens (primary N) is 4. The number of nitrogens with one attached hydrogen (secondary N) is 9. The molecule has 0 radical (unpaired) electrons. The minimum Gasteiger partial charge on any atom is -0.481 e. The Hall–Kier alpha value is -9.96. The number of nitrogens with zero attached hydrogens (tertiary/aromatic N) is 1. The fourth-order valence-corrected chi connectivity index (χ4v) is 8.17. The summed E-state index contributed by atoms with van der Waals surface area (Å²) in [4.78, 5) is 200. The van der Waals surface area contributed by atoms with Crippen LogP contribution in [0.25, 0.3) is 10.9 Å². The Morgan fingerprint density at radius 1 is 0.488 bits per heavy atom. The average molecular weight is 1220 g/mol.